The van der Waals surface area contributed by atoms with Crippen LogP contribution in [0.1, 0.15) is 24.1 Å². The highest BCUT2D eigenvalue weighted by Gasteiger charge is 2.10. The van der Waals surface area contributed by atoms with E-state index in [0.29, 0.717) is 16.6 Å². The first-order chi connectivity index (χ1) is 9.09. The quantitative estimate of drug-likeness (QED) is 0.786. The van der Waals surface area contributed by atoms with Crippen molar-refractivity contribution >= 4 is 34.8 Å². The lowest BCUT2D eigenvalue weighted by Gasteiger charge is -2.16. The van der Waals surface area contributed by atoms with Crippen molar-refractivity contribution in [3.63, 3.8) is 0 Å². The Morgan fingerprint density at radius 2 is 1.63 bits per heavy atom. The van der Waals surface area contributed by atoms with E-state index in [1.54, 1.807) is 6.07 Å². The molecule has 2 aromatic carbocycles. The van der Waals surface area contributed by atoms with Gasteiger partial charge in [-0.2, -0.15) is 0 Å². The summed E-state index contributed by atoms with van der Waals surface area (Å²) in [6.45, 7) is 2.71. The zero-order valence-corrected chi connectivity index (χ0v) is 12.7. The molecule has 0 aliphatic rings. The molecule has 100 valence electrons. The van der Waals surface area contributed by atoms with Gasteiger partial charge in [-0.15, -0.1) is 0 Å². The van der Waals surface area contributed by atoms with Crippen LogP contribution in [0.3, 0.4) is 0 Å². The standard InChI is InChI=1S/C15H14Cl3N/c1-10(12-6-2-3-7-13(12)16)19-9-11-5-4-8-14(17)15(11)18/h2-8,10,19H,9H2,1H3/t10-/m1/s1. The molecule has 0 bridgehead atoms. The Balaban J connectivity index is 2.07. The van der Waals surface area contributed by atoms with Crippen LogP contribution in [0.25, 0.3) is 0 Å². The van der Waals surface area contributed by atoms with E-state index in [9.17, 15) is 0 Å². The zero-order valence-electron chi connectivity index (χ0n) is 10.5. The van der Waals surface area contributed by atoms with Crippen LogP contribution in [0.5, 0.6) is 0 Å². The van der Waals surface area contributed by atoms with E-state index in [1.807, 2.05) is 36.4 Å². The van der Waals surface area contributed by atoms with Crippen LogP contribution < -0.4 is 5.32 Å². The van der Waals surface area contributed by atoms with Crippen molar-refractivity contribution in [2.75, 3.05) is 0 Å². The molecular weight excluding hydrogens is 301 g/mol. The lowest BCUT2D eigenvalue weighted by molar-refractivity contribution is 0.575. The Morgan fingerprint density at radius 1 is 0.947 bits per heavy atom. The van der Waals surface area contributed by atoms with Gasteiger partial charge in [0.2, 0.25) is 0 Å². The SMILES string of the molecule is C[C@@H](NCc1cccc(Cl)c1Cl)c1ccccc1Cl. The second-order valence-electron chi connectivity index (χ2n) is 4.34. The summed E-state index contributed by atoms with van der Waals surface area (Å²) in [5.41, 5.74) is 2.05. The first-order valence-electron chi connectivity index (χ1n) is 6.00. The summed E-state index contributed by atoms with van der Waals surface area (Å²) in [4.78, 5) is 0. The van der Waals surface area contributed by atoms with E-state index in [-0.39, 0.29) is 6.04 Å². The molecule has 0 aliphatic heterocycles. The van der Waals surface area contributed by atoms with Crippen molar-refractivity contribution in [2.24, 2.45) is 0 Å². The van der Waals surface area contributed by atoms with Gasteiger partial charge in [0.1, 0.15) is 0 Å². The summed E-state index contributed by atoms with van der Waals surface area (Å²) >= 11 is 18.3. The average molecular weight is 315 g/mol. The molecule has 0 radical (unpaired) electrons. The summed E-state index contributed by atoms with van der Waals surface area (Å²) in [5, 5.41) is 5.34. The summed E-state index contributed by atoms with van der Waals surface area (Å²) in [5.74, 6) is 0. The third-order valence-electron chi connectivity index (χ3n) is 3.00. The molecule has 19 heavy (non-hydrogen) atoms. The molecule has 2 rings (SSSR count). The van der Waals surface area contributed by atoms with Crippen LogP contribution in [0, 0.1) is 0 Å². The highest BCUT2D eigenvalue weighted by atomic mass is 35.5. The van der Waals surface area contributed by atoms with E-state index >= 15 is 0 Å². The molecular formula is C15H14Cl3N. The van der Waals surface area contributed by atoms with Crippen LogP contribution in [0.2, 0.25) is 15.1 Å². The van der Waals surface area contributed by atoms with Gasteiger partial charge in [0.15, 0.2) is 0 Å². The number of hydrogen-bond acceptors (Lipinski definition) is 1. The predicted octanol–water partition coefficient (Wildman–Crippen LogP) is 5.50. The maximum Gasteiger partial charge on any atom is 0.0637 e. The first-order valence-corrected chi connectivity index (χ1v) is 7.13. The number of hydrogen-bond donors (Lipinski definition) is 1. The number of nitrogens with one attached hydrogen (secondary N) is 1. The third kappa shape index (κ3) is 3.64. The molecule has 0 saturated heterocycles. The molecule has 0 aromatic heterocycles. The van der Waals surface area contributed by atoms with Gasteiger partial charge in [0, 0.05) is 17.6 Å². The molecule has 0 aliphatic carbocycles. The maximum absolute atomic E-state index is 6.17. The van der Waals surface area contributed by atoms with Crippen LogP contribution in [-0.2, 0) is 6.54 Å². The minimum absolute atomic E-state index is 0.142. The van der Waals surface area contributed by atoms with E-state index < -0.39 is 0 Å². The normalized spacial score (nSPS) is 12.4. The van der Waals surface area contributed by atoms with Crippen molar-refractivity contribution in [3.05, 3.63) is 68.7 Å². The van der Waals surface area contributed by atoms with E-state index in [2.05, 4.69) is 12.2 Å². The fourth-order valence-electron chi connectivity index (χ4n) is 1.88. The Hall–Kier alpha value is -0.730. The van der Waals surface area contributed by atoms with Crippen molar-refractivity contribution < 1.29 is 0 Å². The largest absolute Gasteiger partial charge is 0.306 e. The topological polar surface area (TPSA) is 12.0 Å². The molecule has 0 fully saturated rings. The third-order valence-corrected chi connectivity index (χ3v) is 4.20. The Labute approximate surface area is 128 Å². The molecule has 0 amide bonds. The molecule has 0 spiro atoms. The summed E-state index contributed by atoms with van der Waals surface area (Å²) in [6, 6.07) is 13.6. The summed E-state index contributed by atoms with van der Waals surface area (Å²) < 4.78 is 0. The monoisotopic (exact) mass is 313 g/mol. The van der Waals surface area contributed by atoms with Gasteiger partial charge in [-0.3, -0.25) is 0 Å². The van der Waals surface area contributed by atoms with Crippen LogP contribution in [0.4, 0.5) is 0 Å². The first kappa shape index (κ1) is 14.7. The average Bonchev–Trinajstić information content (AvgIpc) is 2.40. The molecule has 0 saturated carbocycles. The number of rotatable bonds is 4. The van der Waals surface area contributed by atoms with Crippen molar-refractivity contribution in [2.45, 2.75) is 19.5 Å². The van der Waals surface area contributed by atoms with Crippen molar-refractivity contribution in [1.29, 1.82) is 0 Å². The second-order valence-corrected chi connectivity index (χ2v) is 5.53. The predicted molar refractivity (Wildman–Crippen MR) is 83.2 cm³/mol. The van der Waals surface area contributed by atoms with Gasteiger partial charge in [0.25, 0.3) is 0 Å². The highest BCUT2D eigenvalue weighted by molar-refractivity contribution is 6.42. The van der Waals surface area contributed by atoms with Crippen molar-refractivity contribution in [1.82, 2.24) is 5.32 Å². The van der Waals surface area contributed by atoms with Crippen LogP contribution >= 0.6 is 34.8 Å². The Morgan fingerprint density at radius 3 is 2.37 bits per heavy atom. The molecule has 2 aromatic rings. The lowest BCUT2D eigenvalue weighted by atomic mass is 10.1. The molecule has 0 unspecified atom stereocenters. The fraction of sp³-hybridized carbons (Fsp3) is 0.200. The Bertz CT molecular complexity index is 569. The number of halogens is 3. The molecule has 4 heteroatoms. The minimum Gasteiger partial charge on any atom is -0.306 e. The molecule has 0 heterocycles. The van der Waals surface area contributed by atoms with Crippen molar-refractivity contribution in [3.8, 4) is 0 Å². The fourth-order valence-corrected chi connectivity index (χ4v) is 2.57. The minimum atomic E-state index is 0.142. The van der Waals surface area contributed by atoms with Crippen LogP contribution in [0.15, 0.2) is 42.5 Å². The van der Waals surface area contributed by atoms with Crippen LogP contribution in [-0.4, -0.2) is 0 Å². The van der Waals surface area contributed by atoms with Gasteiger partial charge in [-0.05, 0) is 30.2 Å². The van der Waals surface area contributed by atoms with Gasteiger partial charge < -0.3 is 5.32 Å². The molecule has 1 atom stereocenters. The lowest BCUT2D eigenvalue weighted by Crippen LogP contribution is -2.18. The second kappa shape index (κ2) is 6.62. The van der Waals surface area contributed by atoms with Gasteiger partial charge >= 0.3 is 0 Å². The van der Waals surface area contributed by atoms with E-state index in [1.165, 1.54) is 0 Å². The molecule has 1 N–H and O–H groups in total. The van der Waals surface area contributed by atoms with Gasteiger partial charge in [-0.1, -0.05) is 65.1 Å². The van der Waals surface area contributed by atoms with Gasteiger partial charge in [0.05, 0.1) is 10.0 Å². The van der Waals surface area contributed by atoms with E-state index in [4.69, 9.17) is 34.8 Å². The smallest absolute Gasteiger partial charge is 0.0637 e. The van der Waals surface area contributed by atoms with Gasteiger partial charge in [-0.25, -0.2) is 0 Å². The summed E-state index contributed by atoms with van der Waals surface area (Å²) in [6.07, 6.45) is 0. The molecule has 1 nitrogen and oxygen atoms in total. The maximum atomic E-state index is 6.17. The number of benzene rings is 2. The van der Waals surface area contributed by atoms with E-state index in [0.717, 1.165) is 16.1 Å². The Kier molecular flexibility index (Phi) is 5.12. The summed E-state index contributed by atoms with van der Waals surface area (Å²) in [7, 11) is 0. The zero-order chi connectivity index (χ0) is 13.8. The highest BCUT2D eigenvalue weighted by Crippen LogP contribution is 2.27.